The van der Waals surface area contributed by atoms with Gasteiger partial charge in [-0.1, -0.05) is 99.2 Å². The SMILES string of the molecule is C/C(=C\c1ccc(O)c(F)c1)CC[C@@H](O)C1=C(CO[Si](c2ccccc2)(c2ccccc2)C(C)(C)C)C[C@H]2C(=O)N(c3cc(C(F)(F)F)cc(C(F)(F)F)c3)C(=O)[C@H]2[C@H]1CO. The van der Waals surface area contributed by atoms with E-state index in [0.717, 1.165) is 16.4 Å². The van der Waals surface area contributed by atoms with Crippen molar-refractivity contribution in [3.8, 4) is 5.75 Å². The number of phenolic OH excluding ortho intramolecular Hbond substituents is 1. The molecule has 61 heavy (non-hydrogen) atoms. The average Bonchev–Trinajstić information content (AvgIpc) is 3.45. The van der Waals surface area contributed by atoms with Crippen molar-refractivity contribution in [2.45, 2.75) is 70.5 Å². The minimum atomic E-state index is -5.25. The molecule has 0 bridgehead atoms. The number of phenols is 1. The summed E-state index contributed by atoms with van der Waals surface area (Å²) in [7, 11) is -3.31. The van der Waals surface area contributed by atoms with E-state index in [1.54, 1.807) is 13.0 Å². The molecule has 4 aromatic rings. The molecule has 2 aliphatic rings. The maximum Gasteiger partial charge on any atom is 0.416 e. The van der Waals surface area contributed by atoms with Crippen molar-refractivity contribution >= 4 is 42.3 Å². The lowest BCUT2D eigenvalue weighted by Gasteiger charge is -2.44. The van der Waals surface area contributed by atoms with Crippen molar-refractivity contribution in [3.63, 3.8) is 0 Å². The molecule has 6 rings (SSSR count). The first kappa shape index (κ1) is 45.4. The summed E-state index contributed by atoms with van der Waals surface area (Å²) in [6.45, 7) is 6.83. The molecule has 0 spiro atoms. The van der Waals surface area contributed by atoms with Crippen LogP contribution in [0.25, 0.3) is 6.08 Å². The lowest BCUT2D eigenvalue weighted by molar-refractivity contribution is -0.143. The van der Waals surface area contributed by atoms with Crippen molar-refractivity contribution in [1.29, 1.82) is 0 Å². The molecule has 0 unspecified atom stereocenters. The van der Waals surface area contributed by atoms with Gasteiger partial charge in [-0.15, -0.1) is 0 Å². The van der Waals surface area contributed by atoms with Crippen LogP contribution < -0.4 is 15.3 Å². The standard InChI is InChI=1S/C46H46F7NO6Si/c1-27(19-28-16-18-38(56)37(47)20-28)15-17-39(57)40-29(26-60-61(44(2,3)4,33-11-7-5-8-12-33)34-13-9-6-10-14-34)21-35-41(36(40)25-55)43(59)54(42(35)58)32-23-30(45(48,49)50)22-31(24-32)46(51,52)53/h5-14,16,18-20,22-24,35-36,39,41,55-57H,15,17,21,25-26H2,1-4H3/b27-19+/t35-,36+,39-,41-/m1/s1. The minimum Gasteiger partial charge on any atom is -0.505 e. The number of benzene rings is 4. The van der Waals surface area contributed by atoms with E-state index in [-0.39, 0.29) is 37.5 Å². The lowest BCUT2D eigenvalue weighted by atomic mass is 9.68. The second kappa shape index (κ2) is 17.3. The molecule has 1 heterocycles. The fourth-order valence-electron chi connectivity index (χ4n) is 8.86. The van der Waals surface area contributed by atoms with Crippen LogP contribution in [0.15, 0.2) is 114 Å². The molecule has 7 nitrogen and oxygen atoms in total. The summed E-state index contributed by atoms with van der Waals surface area (Å²) in [4.78, 5) is 28.9. The highest BCUT2D eigenvalue weighted by molar-refractivity contribution is 6.99. The topological polar surface area (TPSA) is 107 Å². The van der Waals surface area contributed by atoms with E-state index >= 15 is 0 Å². The van der Waals surface area contributed by atoms with E-state index in [9.17, 15) is 55.6 Å². The predicted octanol–water partition coefficient (Wildman–Crippen LogP) is 8.80. The number of hydrogen-bond donors (Lipinski definition) is 3. The molecule has 1 aliphatic heterocycles. The van der Waals surface area contributed by atoms with Crippen molar-refractivity contribution in [1.82, 2.24) is 0 Å². The Kier molecular flexibility index (Phi) is 12.9. The summed E-state index contributed by atoms with van der Waals surface area (Å²) in [6, 6.07) is 23.5. The summed E-state index contributed by atoms with van der Waals surface area (Å²) in [5, 5.41) is 34.0. The lowest BCUT2D eigenvalue weighted by Crippen LogP contribution is -2.66. The Balaban J connectivity index is 1.45. The smallest absolute Gasteiger partial charge is 0.416 e. The van der Waals surface area contributed by atoms with Gasteiger partial charge in [0.1, 0.15) is 0 Å². The van der Waals surface area contributed by atoms with Crippen LogP contribution >= 0.6 is 0 Å². The van der Waals surface area contributed by atoms with Crippen LogP contribution in [0.1, 0.15) is 63.6 Å². The third kappa shape index (κ3) is 9.11. The van der Waals surface area contributed by atoms with Crippen molar-refractivity contribution in [2.24, 2.45) is 17.8 Å². The number of aliphatic hydroxyl groups excluding tert-OH is 2. The first-order valence-electron chi connectivity index (χ1n) is 19.7. The normalized spacial score (nSPS) is 19.7. The number of nitrogens with zero attached hydrogens (tertiary/aromatic N) is 1. The third-order valence-electron chi connectivity index (χ3n) is 11.6. The number of rotatable bonds is 12. The maximum absolute atomic E-state index is 14.3. The van der Waals surface area contributed by atoms with Crippen molar-refractivity contribution in [2.75, 3.05) is 18.1 Å². The minimum absolute atomic E-state index is 0.00323. The fraction of sp³-hybridized carbons (Fsp3) is 0.348. The molecule has 324 valence electrons. The van der Waals surface area contributed by atoms with Gasteiger partial charge in [-0.05, 0) is 88.6 Å². The number of fused-ring (bicyclic) bond motifs is 1. The van der Waals surface area contributed by atoms with Crippen LogP contribution in [0.2, 0.25) is 5.04 Å². The highest BCUT2D eigenvalue weighted by Gasteiger charge is 2.57. The molecule has 4 aromatic carbocycles. The van der Waals surface area contributed by atoms with E-state index in [0.29, 0.717) is 33.7 Å². The van der Waals surface area contributed by atoms with Crippen LogP contribution in [0, 0.1) is 23.6 Å². The van der Waals surface area contributed by atoms with E-state index in [4.69, 9.17) is 4.43 Å². The van der Waals surface area contributed by atoms with Crippen LogP contribution in [0.5, 0.6) is 5.75 Å². The number of amides is 2. The molecule has 0 aromatic heterocycles. The summed E-state index contributed by atoms with van der Waals surface area (Å²) < 4.78 is 105. The summed E-state index contributed by atoms with van der Waals surface area (Å²) in [6.07, 6.45) is -10.3. The Morgan fingerprint density at radius 3 is 1.90 bits per heavy atom. The van der Waals surface area contributed by atoms with Gasteiger partial charge in [0.2, 0.25) is 11.8 Å². The molecule has 15 heteroatoms. The number of aliphatic hydroxyl groups is 2. The number of alkyl halides is 6. The van der Waals surface area contributed by atoms with Gasteiger partial charge in [-0.3, -0.25) is 9.59 Å². The number of anilines is 1. The fourth-order valence-corrected chi connectivity index (χ4v) is 13.4. The van der Waals surface area contributed by atoms with Crippen LogP contribution in [0.4, 0.5) is 36.4 Å². The summed E-state index contributed by atoms with van der Waals surface area (Å²) >= 11 is 0. The monoisotopic (exact) mass is 869 g/mol. The second-order valence-corrected chi connectivity index (χ2v) is 21.0. The first-order chi connectivity index (χ1) is 28.6. The highest BCUT2D eigenvalue weighted by Crippen LogP contribution is 2.49. The molecular weight excluding hydrogens is 824 g/mol. The second-order valence-electron chi connectivity index (χ2n) is 16.7. The Morgan fingerprint density at radius 1 is 0.852 bits per heavy atom. The van der Waals surface area contributed by atoms with Gasteiger partial charge < -0.3 is 19.7 Å². The quantitative estimate of drug-likeness (QED) is 0.0569. The largest absolute Gasteiger partial charge is 0.505 e. The van der Waals surface area contributed by atoms with Crippen LogP contribution in [0.3, 0.4) is 0 Å². The molecular formula is C46H46F7NO6Si. The molecule has 0 radical (unpaired) electrons. The van der Waals surface area contributed by atoms with Crippen LogP contribution in [-0.4, -0.2) is 54.8 Å². The molecule has 1 fully saturated rings. The van der Waals surface area contributed by atoms with E-state index in [1.807, 2.05) is 81.4 Å². The van der Waals surface area contributed by atoms with Gasteiger partial charge in [0, 0.05) is 5.92 Å². The summed E-state index contributed by atoms with van der Waals surface area (Å²) in [5.74, 6) is -7.56. The Labute approximate surface area is 349 Å². The number of carbonyl (C=O) groups excluding carboxylic acids is 2. The average molecular weight is 870 g/mol. The number of hydrogen-bond acceptors (Lipinski definition) is 6. The maximum atomic E-state index is 14.3. The van der Waals surface area contributed by atoms with E-state index in [1.165, 1.54) is 12.1 Å². The molecule has 4 atom stereocenters. The van der Waals surface area contributed by atoms with E-state index < -0.39 is 96.4 Å². The van der Waals surface area contributed by atoms with Crippen molar-refractivity contribution < 1.29 is 60.1 Å². The highest BCUT2D eigenvalue weighted by atomic mass is 28.4. The van der Waals surface area contributed by atoms with E-state index in [2.05, 4.69) is 0 Å². The van der Waals surface area contributed by atoms with Crippen molar-refractivity contribution in [3.05, 3.63) is 136 Å². The third-order valence-corrected chi connectivity index (χ3v) is 16.6. The molecule has 3 N–H and O–H groups in total. The zero-order chi connectivity index (χ0) is 44.7. The molecule has 0 saturated carbocycles. The molecule has 1 aliphatic carbocycles. The molecule has 1 saturated heterocycles. The summed E-state index contributed by atoms with van der Waals surface area (Å²) in [5.41, 5.74) is -2.65. The predicted molar refractivity (Wildman–Crippen MR) is 219 cm³/mol. The number of allylic oxidation sites excluding steroid dienone is 1. The number of carbonyl (C=O) groups is 2. The first-order valence-corrected chi connectivity index (χ1v) is 21.6. The zero-order valence-electron chi connectivity index (χ0n) is 33.8. The Bertz CT molecular complexity index is 2250. The van der Waals surface area contributed by atoms with Gasteiger partial charge in [0.15, 0.2) is 11.6 Å². The van der Waals surface area contributed by atoms with Gasteiger partial charge in [0.05, 0.1) is 48.0 Å². The van der Waals surface area contributed by atoms with Gasteiger partial charge in [-0.2, -0.15) is 26.3 Å². The number of imide groups is 1. The number of halogens is 7. The molecule has 2 amide bonds. The van der Waals surface area contributed by atoms with Gasteiger partial charge in [0.25, 0.3) is 8.32 Å². The number of aromatic hydroxyl groups is 1. The van der Waals surface area contributed by atoms with Gasteiger partial charge in [-0.25, -0.2) is 9.29 Å². The Morgan fingerprint density at radius 2 is 1.41 bits per heavy atom. The zero-order valence-corrected chi connectivity index (χ0v) is 34.8. The van der Waals surface area contributed by atoms with Crippen LogP contribution in [-0.2, 0) is 26.4 Å². The Hall–Kier alpha value is -5.09. The van der Waals surface area contributed by atoms with Gasteiger partial charge >= 0.3 is 12.4 Å².